The summed E-state index contributed by atoms with van der Waals surface area (Å²) in [5.41, 5.74) is 0.261. The van der Waals surface area contributed by atoms with E-state index in [4.69, 9.17) is 0 Å². The Morgan fingerprint density at radius 1 is 1.31 bits per heavy atom. The molecule has 0 saturated heterocycles. The molecular formula is C8H11FO4. The third-order valence-corrected chi connectivity index (χ3v) is 1.04. The predicted octanol–water partition coefficient (Wildman–Crippen LogP) is 0.618. The molecule has 0 unspecified atom stereocenters. The van der Waals surface area contributed by atoms with Crippen LogP contribution in [0.3, 0.4) is 0 Å². The molecule has 5 heteroatoms. The number of esters is 2. The van der Waals surface area contributed by atoms with Gasteiger partial charge in [-0.15, -0.1) is 0 Å². The molecule has 0 N–H and O–H groups in total. The standard InChI is InChI=1S/C8H11FO4/c1-6(2)8(11)13-4-3-12-7(10)5-9/h1,3-5H2,2H3. The van der Waals surface area contributed by atoms with Crippen molar-refractivity contribution in [2.24, 2.45) is 0 Å². The van der Waals surface area contributed by atoms with E-state index in [1.54, 1.807) is 0 Å². The fourth-order valence-corrected chi connectivity index (χ4v) is 0.452. The highest BCUT2D eigenvalue weighted by molar-refractivity contribution is 5.86. The van der Waals surface area contributed by atoms with Crippen molar-refractivity contribution < 1.29 is 23.5 Å². The fraction of sp³-hybridized carbons (Fsp3) is 0.500. The third-order valence-electron chi connectivity index (χ3n) is 1.04. The van der Waals surface area contributed by atoms with Crippen LogP contribution in [0.25, 0.3) is 0 Å². The van der Waals surface area contributed by atoms with Crippen LogP contribution in [-0.4, -0.2) is 31.8 Å². The number of carbonyl (C=O) groups is 2. The van der Waals surface area contributed by atoms with Crippen LogP contribution in [0.5, 0.6) is 0 Å². The van der Waals surface area contributed by atoms with Crippen LogP contribution < -0.4 is 0 Å². The highest BCUT2D eigenvalue weighted by atomic mass is 19.1. The van der Waals surface area contributed by atoms with Crippen LogP contribution in [0.15, 0.2) is 12.2 Å². The fourth-order valence-electron chi connectivity index (χ4n) is 0.452. The second-order valence-electron chi connectivity index (χ2n) is 2.27. The second kappa shape index (κ2) is 6.16. The molecule has 0 atom stereocenters. The first kappa shape index (κ1) is 11.6. The molecule has 0 aliphatic heterocycles. The first-order chi connectivity index (χ1) is 6.07. The number of hydrogen-bond donors (Lipinski definition) is 0. The Morgan fingerprint density at radius 2 is 1.85 bits per heavy atom. The Balaban J connectivity index is 3.41. The first-order valence-electron chi connectivity index (χ1n) is 3.62. The molecule has 0 rings (SSSR count). The van der Waals surface area contributed by atoms with Crippen molar-refractivity contribution in [1.82, 2.24) is 0 Å². The molecule has 0 bridgehead atoms. The van der Waals surface area contributed by atoms with Gasteiger partial charge in [0.05, 0.1) is 0 Å². The lowest BCUT2D eigenvalue weighted by Crippen LogP contribution is -2.14. The van der Waals surface area contributed by atoms with Gasteiger partial charge in [0, 0.05) is 5.57 Å². The van der Waals surface area contributed by atoms with Gasteiger partial charge < -0.3 is 9.47 Å². The van der Waals surface area contributed by atoms with Crippen LogP contribution in [0, 0.1) is 0 Å². The molecule has 0 fully saturated rings. The maximum absolute atomic E-state index is 11.5. The quantitative estimate of drug-likeness (QED) is 0.362. The van der Waals surface area contributed by atoms with Crippen molar-refractivity contribution in [1.29, 1.82) is 0 Å². The number of alkyl halides is 1. The summed E-state index contributed by atoms with van der Waals surface area (Å²) in [6.45, 7) is 3.44. The van der Waals surface area contributed by atoms with Crippen molar-refractivity contribution in [3.8, 4) is 0 Å². The van der Waals surface area contributed by atoms with Gasteiger partial charge in [-0.25, -0.2) is 14.0 Å². The summed E-state index contributed by atoms with van der Waals surface area (Å²) in [4.78, 5) is 21.0. The van der Waals surface area contributed by atoms with Gasteiger partial charge in [0.2, 0.25) is 0 Å². The van der Waals surface area contributed by atoms with Gasteiger partial charge in [0.15, 0.2) is 6.67 Å². The van der Waals surface area contributed by atoms with Crippen molar-refractivity contribution in [2.75, 3.05) is 19.9 Å². The van der Waals surface area contributed by atoms with E-state index in [0.29, 0.717) is 0 Å². The average molecular weight is 190 g/mol. The summed E-state index contributed by atoms with van der Waals surface area (Å²) in [5.74, 6) is -1.53. The van der Waals surface area contributed by atoms with Gasteiger partial charge in [-0.05, 0) is 6.92 Å². The van der Waals surface area contributed by atoms with E-state index in [2.05, 4.69) is 16.1 Å². The minimum Gasteiger partial charge on any atom is -0.460 e. The molecular weight excluding hydrogens is 179 g/mol. The Labute approximate surface area is 75.3 Å². The molecule has 0 aliphatic rings. The third kappa shape index (κ3) is 5.84. The van der Waals surface area contributed by atoms with Gasteiger partial charge >= 0.3 is 11.9 Å². The summed E-state index contributed by atoms with van der Waals surface area (Å²) in [7, 11) is 0. The summed E-state index contributed by atoms with van der Waals surface area (Å²) < 4.78 is 20.4. The van der Waals surface area contributed by atoms with E-state index in [0.717, 1.165) is 0 Å². The number of halogens is 1. The Morgan fingerprint density at radius 3 is 2.31 bits per heavy atom. The van der Waals surface area contributed by atoms with Crippen molar-refractivity contribution in [3.63, 3.8) is 0 Å². The number of ether oxygens (including phenoxy) is 2. The van der Waals surface area contributed by atoms with E-state index < -0.39 is 18.6 Å². The van der Waals surface area contributed by atoms with Crippen LogP contribution in [-0.2, 0) is 19.1 Å². The van der Waals surface area contributed by atoms with Gasteiger partial charge in [0.25, 0.3) is 0 Å². The summed E-state index contributed by atoms with van der Waals surface area (Å²) in [5, 5.41) is 0. The van der Waals surface area contributed by atoms with E-state index >= 15 is 0 Å². The topological polar surface area (TPSA) is 52.6 Å². The van der Waals surface area contributed by atoms with Crippen LogP contribution in [0.2, 0.25) is 0 Å². The zero-order valence-corrected chi connectivity index (χ0v) is 7.34. The molecule has 13 heavy (non-hydrogen) atoms. The molecule has 0 radical (unpaired) electrons. The second-order valence-corrected chi connectivity index (χ2v) is 2.27. The highest BCUT2D eigenvalue weighted by Gasteiger charge is 2.04. The first-order valence-corrected chi connectivity index (χ1v) is 3.62. The summed E-state index contributed by atoms with van der Waals surface area (Å²) >= 11 is 0. The van der Waals surface area contributed by atoms with Crippen molar-refractivity contribution >= 4 is 11.9 Å². The van der Waals surface area contributed by atoms with E-state index in [1.165, 1.54) is 6.92 Å². The zero-order chi connectivity index (χ0) is 10.3. The molecule has 0 aromatic rings. The van der Waals surface area contributed by atoms with Crippen LogP contribution in [0.4, 0.5) is 4.39 Å². The molecule has 0 heterocycles. The predicted molar refractivity (Wildman–Crippen MR) is 42.7 cm³/mol. The molecule has 0 amide bonds. The van der Waals surface area contributed by atoms with Crippen molar-refractivity contribution in [3.05, 3.63) is 12.2 Å². The average Bonchev–Trinajstić information content (AvgIpc) is 2.11. The SMILES string of the molecule is C=C(C)C(=O)OCCOC(=O)CF. The number of carbonyl (C=O) groups excluding carboxylic acids is 2. The molecule has 0 aliphatic carbocycles. The summed E-state index contributed by atoms with van der Waals surface area (Å²) in [6.07, 6.45) is 0. The largest absolute Gasteiger partial charge is 0.460 e. The maximum atomic E-state index is 11.5. The maximum Gasteiger partial charge on any atom is 0.337 e. The molecule has 0 aromatic carbocycles. The lowest BCUT2D eigenvalue weighted by molar-refractivity contribution is -0.150. The smallest absolute Gasteiger partial charge is 0.337 e. The van der Waals surface area contributed by atoms with E-state index in [-0.39, 0.29) is 18.8 Å². The van der Waals surface area contributed by atoms with Gasteiger partial charge in [-0.3, -0.25) is 0 Å². The molecule has 0 saturated carbocycles. The lowest BCUT2D eigenvalue weighted by atomic mass is 10.4. The number of hydrogen-bond acceptors (Lipinski definition) is 4. The van der Waals surface area contributed by atoms with Crippen LogP contribution in [0.1, 0.15) is 6.92 Å². The van der Waals surface area contributed by atoms with E-state index in [1.807, 2.05) is 0 Å². The minimum absolute atomic E-state index is 0.0859. The Bertz CT molecular complexity index is 212. The normalized spacial score (nSPS) is 9.08. The monoisotopic (exact) mass is 190 g/mol. The molecule has 74 valence electrons. The van der Waals surface area contributed by atoms with Crippen molar-refractivity contribution in [2.45, 2.75) is 6.92 Å². The van der Waals surface area contributed by atoms with Gasteiger partial charge in [0.1, 0.15) is 13.2 Å². The van der Waals surface area contributed by atoms with Gasteiger partial charge in [-0.1, -0.05) is 6.58 Å². The lowest BCUT2D eigenvalue weighted by Gasteiger charge is -2.03. The summed E-state index contributed by atoms with van der Waals surface area (Å²) in [6, 6.07) is 0. The Hall–Kier alpha value is -1.39. The highest BCUT2D eigenvalue weighted by Crippen LogP contribution is 1.91. The minimum atomic E-state index is -1.17. The van der Waals surface area contributed by atoms with Gasteiger partial charge in [-0.2, -0.15) is 0 Å². The Kier molecular flexibility index (Phi) is 5.50. The zero-order valence-electron chi connectivity index (χ0n) is 7.34. The molecule has 4 nitrogen and oxygen atoms in total. The van der Waals surface area contributed by atoms with Crippen LogP contribution >= 0.6 is 0 Å². The molecule has 0 aromatic heterocycles. The van der Waals surface area contributed by atoms with E-state index in [9.17, 15) is 14.0 Å². The number of rotatable bonds is 5. The molecule has 0 spiro atoms.